The summed E-state index contributed by atoms with van der Waals surface area (Å²) in [5.41, 5.74) is 5.56. The Morgan fingerprint density at radius 3 is 3.19 bits per heavy atom. The lowest BCUT2D eigenvalue weighted by Crippen LogP contribution is -2.30. The van der Waals surface area contributed by atoms with Gasteiger partial charge in [0.2, 0.25) is 0 Å². The molecule has 1 aromatic heterocycles. The number of nitrogens with zero attached hydrogens (tertiary/aromatic N) is 2. The van der Waals surface area contributed by atoms with Crippen molar-refractivity contribution in [3.05, 3.63) is 23.4 Å². The second kappa shape index (κ2) is 5.51. The van der Waals surface area contributed by atoms with Crippen molar-refractivity contribution in [3.8, 4) is 0 Å². The van der Waals surface area contributed by atoms with E-state index in [0.717, 1.165) is 36.8 Å². The molecule has 1 aliphatic heterocycles. The van der Waals surface area contributed by atoms with Crippen LogP contribution in [0.3, 0.4) is 0 Å². The van der Waals surface area contributed by atoms with E-state index >= 15 is 0 Å². The molecule has 2 N–H and O–H groups in total. The molecule has 0 saturated carbocycles. The molecule has 0 radical (unpaired) electrons. The van der Waals surface area contributed by atoms with E-state index in [2.05, 4.69) is 9.88 Å². The molecular formula is C12H18ClN3. The van der Waals surface area contributed by atoms with E-state index in [-0.39, 0.29) is 0 Å². The second-order valence-corrected chi connectivity index (χ2v) is 4.64. The third kappa shape index (κ3) is 2.47. The summed E-state index contributed by atoms with van der Waals surface area (Å²) in [6, 6.07) is 4.34. The topological polar surface area (TPSA) is 42.1 Å². The van der Waals surface area contributed by atoms with E-state index in [9.17, 15) is 0 Å². The Bertz CT molecular complexity index is 343. The smallest absolute Gasteiger partial charge is 0.147 e. The van der Waals surface area contributed by atoms with Gasteiger partial charge in [-0.2, -0.15) is 0 Å². The molecule has 4 heteroatoms. The first-order valence-corrected chi connectivity index (χ1v) is 6.28. The molecule has 0 amide bonds. The number of nitrogens with two attached hydrogens (primary N) is 1. The molecule has 1 aromatic rings. The predicted molar refractivity (Wildman–Crippen MR) is 67.9 cm³/mol. The maximum atomic E-state index is 6.17. The first kappa shape index (κ1) is 11.7. The number of anilines is 1. The summed E-state index contributed by atoms with van der Waals surface area (Å²) in [6.07, 6.45) is 6.48. The Hall–Kier alpha value is -0.800. The predicted octanol–water partition coefficient (Wildman–Crippen LogP) is 2.44. The molecule has 0 aromatic carbocycles. The van der Waals surface area contributed by atoms with Crippen LogP contribution in [-0.2, 0) is 0 Å². The molecule has 0 bridgehead atoms. The van der Waals surface area contributed by atoms with Gasteiger partial charge in [0, 0.05) is 18.8 Å². The van der Waals surface area contributed by atoms with Gasteiger partial charge in [0.15, 0.2) is 0 Å². The lowest BCUT2D eigenvalue weighted by Gasteiger charge is -2.26. The maximum Gasteiger partial charge on any atom is 0.147 e. The van der Waals surface area contributed by atoms with Crippen LogP contribution in [0.1, 0.15) is 25.7 Å². The van der Waals surface area contributed by atoms with E-state index in [1.807, 2.05) is 12.1 Å². The van der Waals surface area contributed by atoms with Crippen LogP contribution in [0.15, 0.2) is 18.3 Å². The minimum absolute atomic E-state index is 0.566. The summed E-state index contributed by atoms with van der Waals surface area (Å²) in [5, 5.41) is 0.752. The third-order valence-corrected chi connectivity index (χ3v) is 3.42. The molecule has 16 heavy (non-hydrogen) atoms. The Morgan fingerprint density at radius 1 is 1.56 bits per heavy atom. The first-order valence-electron chi connectivity index (χ1n) is 5.90. The van der Waals surface area contributed by atoms with Crippen LogP contribution in [0.5, 0.6) is 0 Å². The van der Waals surface area contributed by atoms with Gasteiger partial charge in [-0.3, -0.25) is 0 Å². The summed E-state index contributed by atoms with van der Waals surface area (Å²) < 4.78 is 0. The van der Waals surface area contributed by atoms with E-state index in [0.29, 0.717) is 6.04 Å². The van der Waals surface area contributed by atoms with Crippen LogP contribution >= 0.6 is 11.6 Å². The zero-order valence-corrected chi connectivity index (χ0v) is 10.2. The zero-order chi connectivity index (χ0) is 11.4. The Morgan fingerprint density at radius 2 is 2.44 bits per heavy atom. The lowest BCUT2D eigenvalue weighted by atomic mass is 10.1. The van der Waals surface area contributed by atoms with Gasteiger partial charge < -0.3 is 10.6 Å². The van der Waals surface area contributed by atoms with Gasteiger partial charge in [0.1, 0.15) is 5.82 Å². The van der Waals surface area contributed by atoms with Crippen molar-refractivity contribution >= 4 is 17.4 Å². The first-order chi connectivity index (χ1) is 7.83. The van der Waals surface area contributed by atoms with Crippen molar-refractivity contribution in [1.29, 1.82) is 0 Å². The number of halogens is 1. The molecular weight excluding hydrogens is 222 g/mol. The Balaban J connectivity index is 2.10. The molecule has 2 heterocycles. The highest BCUT2D eigenvalue weighted by atomic mass is 35.5. The third-order valence-electron chi connectivity index (χ3n) is 3.13. The summed E-state index contributed by atoms with van der Waals surface area (Å²) in [4.78, 5) is 6.71. The van der Waals surface area contributed by atoms with E-state index < -0.39 is 0 Å². The monoisotopic (exact) mass is 239 g/mol. The van der Waals surface area contributed by atoms with Crippen LogP contribution in [0.25, 0.3) is 0 Å². The fourth-order valence-corrected chi connectivity index (χ4v) is 2.59. The van der Waals surface area contributed by atoms with Gasteiger partial charge in [-0.25, -0.2) is 4.98 Å². The van der Waals surface area contributed by atoms with E-state index in [4.69, 9.17) is 17.3 Å². The van der Waals surface area contributed by atoms with Crippen molar-refractivity contribution in [2.45, 2.75) is 31.7 Å². The van der Waals surface area contributed by atoms with Gasteiger partial charge in [-0.1, -0.05) is 11.6 Å². The highest BCUT2D eigenvalue weighted by molar-refractivity contribution is 6.32. The second-order valence-electron chi connectivity index (χ2n) is 4.23. The summed E-state index contributed by atoms with van der Waals surface area (Å²) >= 11 is 6.17. The van der Waals surface area contributed by atoms with Crippen molar-refractivity contribution < 1.29 is 0 Å². The molecule has 1 unspecified atom stereocenters. The van der Waals surface area contributed by atoms with Crippen molar-refractivity contribution in [2.75, 3.05) is 18.0 Å². The Labute approximate surface area is 102 Å². The van der Waals surface area contributed by atoms with Crippen LogP contribution in [0.2, 0.25) is 5.02 Å². The molecule has 0 spiro atoms. The van der Waals surface area contributed by atoms with Crippen molar-refractivity contribution in [3.63, 3.8) is 0 Å². The van der Waals surface area contributed by atoms with Crippen LogP contribution in [0.4, 0.5) is 5.82 Å². The van der Waals surface area contributed by atoms with Crippen molar-refractivity contribution in [1.82, 2.24) is 4.98 Å². The molecule has 1 saturated heterocycles. The maximum absolute atomic E-state index is 6.17. The highest BCUT2D eigenvalue weighted by Gasteiger charge is 2.26. The number of hydrogen-bond donors (Lipinski definition) is 1. The van der Waals surface area contributed by atoms with E-state index in [1.165, 1.54) is 12.8 Å². The molecule has 2 rings (SSSR count). The van der Waals surface area contributed by atoms with Crippen LogP contribution in [-0.4, -0.2) is 24.1 Å². The molecule has 1 atom stereocenters. The minimum atomic E-state index is 0.566. The van der Waals surface area contributed by atoms with Crippen molar-refractivity contribution in [2.24, 2.45) is 5.73 Å². The minimum Gasteiger partial charge on any atom is -0.352 e. The molecule has 1 aliphatic rings. The quantitative estimate of drug-likeness (QED) is 0.878. The van der Waals surface area contributed by atoms with Gasteiger partial charge in [0.25, 0.3) is 0 Å². The largest absolute Gasteiger partial charge is 0.352 e. The standard InChI is InChI=1S/C12H18ClN3/c13-11-6-2-8-15-12(11)16-9-3-5-10(16)4-1-7-14/h2,6,8,10H,1,3-5,7,9,14H2. The van der Waals surface area contributed by atoms with Gasteiger partial charge in [-0.15, -0.1) is 0 Å². The molecule has 88 valence electrons. The average Bonchev–Trinajstić information content (AvgIpc) is 2.75. The zero-order valence-electron chi connectivity index (χ0n) is 9.40. The van der Waals surface area contributed by atoms with E-state index in [1.54, 1.807) is 6.20 Å². The Kier molecular flexibility index (Phi) is 4.02. The summed E-state index contributed by atoms with van der Waals surface area (Å²) in [5.74, 6) is 0.934. The SMILES string of the molecule is NCCCC1CCCN1c1ncccc1Cl. The normalized spacial score (nSPS) is 20.4. The highest BCUT2D eigenvalue weighted by Crippen LogP contribution is 2.31. The van der Waals surface area contributed by atoms with Gasteiger partial charge in [-0.05, 0) is 44.4 Å². The molecule has 1 fully saturated rings. The van der Waals surface area contributed by atoms with Gasteiger partial charge in [0.05, 0.1) is 5.02 Å². The van der Waals surface area contributed by atoms with Gasteiger partial charge >= 0.3 is 0 Å². The number of aromatic nitrogens is 1. The fraction of sp³-hybridized carbons (Fsp3) is 0.583. The molecule has 0 aliphatic carbocycles. The summed E-state index contributed by atoms with van der Waals surface area (Å²) in [7, 11) is 0. The number of pyridine rings is 1. The van der Waals surface area contributed by atoms with Crippen LogP contribution < -0.4 is 10.6 Å². The molecule has 3 nitrogen and oxygen atoms in total. The number of rotatable bonds is 4. The fourth-order valence-electron chi connectivity index (χ4n) is 2.36. The lowest BCUT2D eigenvalue weighted by molar-refractivity contribution is 0.582. The van der Waals surface area contributed by atoms with Crippen LogP contribution in [0, 0.1) is 0 Å². The average molecular weight is 240 g/mol. The number of hydrogen-bond acceptors (Lipinski definition) is 3. The summed E-state index contributed by atoms with van der Waals surface area (Å²) in [6.45, 7) is 1.83.